The van der Waals surface area contributed by atoms with Crippen molar-refractivity contribution in [1.29, 1.82) is 0 Å². The molecular weight excluding hydrogens is 271 g/mol. The van der Waals surface area contributed by atoms with Gasteiger partial charge in [-0.25, -0.2) is 4.39 Å². The van der Waals surface area contributed by atoms with Crippen molar-refractivity contribution in [1.82, 2.24) is 9.80 Å². The summed E-state index contributed by atoms with van der Waals surface area (Å²) in [6.07, 6.45) is 0. The fourth-order valence-corrected chi connectivity index (χ4v) is 2.37. The minimum absolute atomic E-state index is 0.248. The van der Waals surface area contributed by atoms with Gasteiger partial charge >= 0.3 is 0 Å². The van der Waals surface area contributed by atoms with Crippen LogP contribution >= 0.6 is 0 Å². The normalized spacial score (nSPS) is 17.0. The van der Waals surface area contributed by atoms with Gasteiger partial charge in [0.15, 0.2) is 0 Å². The van der Waals surface area contributed by atoms with Crippen molar-refractivity contribution in [2.45, 2.75) is 6.92 Å². The average molecular weight is 296 g/mol. The summed E-state index contributed by atoms with van der Waals surface area (Å²) in [5.41, 5.74) is 0. The molecule has 0 radical (unpaired) electrons. The number of likely N-dealkylation sites (N-methyl/N-ethyl adjacent to an activating group) is 1. The molecule has 1 aromatic carbocycles. The first kappa shape index (κ1) is 16.2. The van der Waals surface area contributed by atoms with Crippen LogP contribution in [0.5, 0.6) is 5.75 Å². The van der Waals surface area contributed by atoms with Gasteiger partial charge in [0.25, 0.3) is 0 Å². The van der Waals surface area contributed by atoms with Gasteiger partial charge in [-0.05, 0) is 30.8 Å². The van der Waals surface area contributed by atoms with Gasteiger partial charge in [0.2, 0.25) is 0 Å². The van der Waals surface area contributed by atoms with Crippen LogP contribution in [0.3, 0.4) is 0 Å². The summed E-state index contributed by atoms with van der Waals surface area (Å²) in [6.45, 7) is 10.7. The van der Waals surface area contributed by atoms with Crippen molar-refractivity contribution in [3.63, 3.8) is 0 Å². The van der Waals surface area contributed by atoms with E-state index in [4.69, 9.17) is 9.47 Å². The molecule has 2 rings (SSSR count). The predicted octanol–water partition coefficient (Wildman–Crippen LogP) is 1.86. The summed E-state index contributed by atoms with van der Waals surface area (Å²) in [7, 11) is 0. The molecule has 1 aromatic rings. The summed E-state index contributed by atoms with van der Waals surface area (Å²) in [6, 6.07) is 6.05. The summed E-state index contributed by atoms with van der Waals surface area (Å²) in [5.74, 6) is 0.428. The van der Waals surface area contributed by atoms with Crippen LogP contribution in [0.1, 0.15) is 6.92 Å². The number of piperazine rings is 1. The number of hydrogen-bond acceptors (Lipinski definition) is 4. The minimum atomic E-state index is -0.248. The minimum Gasteiger partial charge on any atom is -0.491 e. The van der Waals surface area contributed by atoms with Crippen molar-refractivity contribution >= 4 is 0 Å². The second kappa shape index (κ2) is 8.97. The maximum atomic E-state index is 12.7. The maximum Gasteiger partial charge on any atom is 0.123 e. The molecule has 0 amide bonds. The molecule has 4 nitrogen and oxygen atoms in total. The molecule has 0 N–H and O–H groups in total. The number of halogens is 1. The van der Waals surface area contributed by atoms with Gasteiger partial charge in [-0.2, -0.15) is 0 Å². The van der Waals surface area contributed by atoms with Crippen molar-refractivity contribution in [2.24, 2.45) is 0 Å². The zero-order chi connectivity index (χ0) is 14.9. The van der Waals surface area contributed by atoms with Crippen molar-refractivity contribution in [2.75, 3.05) is 59.1 Å². The molecule has 0 unspecified atom stereocenters. The van der Waals surface area contributed by atoms with Crippen LogP contribution in [0.15, 0.2) is 24.3 Å². The Morgan fingerprint density at radius 3 is 2.29 bits per heavy atom. The molecule has 1 aliphatic heterocycles. The number of nitrogens with zero attached hydrogens (tertiary/aromatic N) is 2. The van der Waals surface area contributed by atoms with E-state index in [0.717, 1.165) is 45.9 Å². The third kappa shape index (κ3) is 5.99. The van der Waals surface area contributed by atoms with Gasteiger partial charge in [-0.15, -0.1) is 0 Å². The molecule has 1 saturated heterocycles. The van der Waals surface area contributed by atoms with Crippen molar-refractivity contribution < 1.29 is 13.9 Å². The van der Waals surface area contributed by atoms with E-state index in [1.54, 1.807) is 12.1 Å². The number of rotatable bonds is 8. The van der Waals surface area contributed by atoms with E-state index in [-0.39, 0.29) is 5.82 Å². The van der Waals surface area contributed by atoms with E-state index >= 15 is 0 Å². The summed E-state index contributed by atoms with van der Waals surface area (Å²) < 4.78 is 23.8. The maximum absolute atomic E-state index is 12.7. The lowest BCUT2D eigenvalue weighted by molar-refractivity contribution is 0.0626. The van der Waals surface area contributed by atoms with Crippen LogP contribution in [0.2, 0.25) is 0 Å². The van der Waals surface area contributed by atoms with E-state index in [9.17, 15) is 4.39 Å². The Kier molecular flexibility index (Phi) is 6.92. The lowest BCUT2D eigenvalue weighted by Crippen LogP contribution is -2.47. The molecule has 0 bridgehead atoms. The van der Waals surface area contributed by atoms with Gasteiger partial charge < -0.3 is 14.4 Å². The molecule has 1 aliphatic rings. The predicted molar refractivity (Wildman–Crippen MR) is 81.3 cm³/mol. The SMILES string of the molecule is CCN1CCN(CCOCCOc2ccc(F)cc2)CC1. The molecule has 1 fully saturated rings. The third-order valence-corrected chi connectivity index (χ3v) is 3.77. The molecule has 0 atom stereocenters. The molecule has 0 aromatic heterocycles. The van der Waals surface area contributed by atoms with Crippen molar-refractivity contribution in [3.05, 3.63) is 30.1 Å². The van der Waals surface area contributed by atoms with E-state index in [1.165, 1.54) is 12.1 Å². The van der Waals surface area contributed by atoms with Gasteiger partial charge in [-0.3, -0.25) is 4.90 Å². The Balaban J connectivity index is 1.48. The van der Waals surface area contributed by atoms with Crippen LogP contribution < -0.4 is 4.74 Å². The molecule has 0 saturated carbocycles. The Morgan fingerprint density at radius 2 is 1.62 bits per heavy atom. The van der Waals surface area contributed by atoms with E-state index in [1.807, 2.05) is 0 Å². The molecule has 118 valence electrons. The fourth-order valence-electron chi connectivity index (χ4n) is 2.37. The first-order valence-electron chi connectivity index (χ1n) is 7.68. The average Bonchev–Trinajstić information content (AvgIpc) is 2.53. The molecule has 1 heterocycles. The van der Waals surface area contributed by atoms with Crippen LogP contribution in [0.25, 0.3) is 0 Å². The second-order valence-electron chi connectivity index (χ2n) is 5.19. The number of hydrogen-bond donors (Lipinski definition) is 0. The second-order valence-corrected chi connectivity index (χ2v) is 5.19. The summed E-state index contributed by atoms with van der Waals surface area (Å²) in [5, 5.41) is 0. The third-order valence-electron chi connectivity index (χ3n) is 3.77. The van der Waals surface area contributed by atoms with Gasteiger partial charge in [-0.1, -0.05) is 6.92 Å². The Bertz CT molecular complexity index is 392. The van der Waals surface area contributed by atoms with Crippen LogP contribution in [0, 0.1) is 5.82 Å². The quantitative estimate of drug-likeness (QED) is 0.684. The van der Waals surface area contributed by atoms with E-state index in [2.05, 4.69) is 16.7 Å². The Labute approximate surface area is 126 Å². The summed E-state index contributed by atoms with van der Waals surface area (Å²) in [4.78, 5) is 4.90. The van der Waals surface area contributed by atoms with Gasteiger partial charge in [0.05, 0.1) is 13.2 Å². The zero-order valence-corrected chi connectivity index (χ0v) is 12.8. The molecule has 21 heavy (non-hydrogen) atoms. The highest BCUT2D eigenvalue weighted by Crippen LogP contribution is 2.10. The lowest BCUT2D eigenvalue weighted by Gasteiger charge is -2.33. The lowest BCUT2D eigenvalue weighted by atomic mass is 10.3. The van der Waals surface area contributed by atoms with Crippen LogP contribution in [0.4, 0.5) is 4.39 Å². The van der Waals surface area contributed by atoms with Crippen LogP contribution in [-0.4, -0.2) is 68.9 Å². The molecular formula is C16H25FN2O2. The monoisotopic (exact) mass is 296 g/mol. The Morgan fingerprint density at radius 1 is 0.952 bits per heavy atom. The van der Waals surface area contributed by atoms with Crippen LogP contribution in [-0.2, 0) is 4.74 Å². The smallest absolute Gasteiger partial charge is 0.123 e. The molecule has 5 heteroatoms. The van der Waals surface area contributed by atoms with E-state index in [0.29, 0.717) is 19.0 Å². The van der Waals surface area contributed by atoms with E-state index < -0.39 is 0 Å². The first-order valence-corrected chi connectivity index (χ1v) is 7.68. The number of ether oxygens (including phenoxy) is 2. The fraction of sp³-hybridized carbons (Fsp3) is 0.625. The first-order chi connectivity index (χ1) is 10.3. The summed E-state index contributed by atoms with van der Waals surface area (Å²) >= 11 is 0. The molecule has 0 aliphatic carbocycles. The van der Waals surface area contributed by atoms with Gasteiger partial charge in [0, 0.05) is 32.7 Å². The van der Waals surface area contributed by atoms with Crippen molar-refractivity contribution in [3.8, 4) is 5.75 Å². The zero-order valence-electron chi connectivity index (χ0n) is 12.8. The highest BCUT2D eigenvalue weighted by molar-refractivity contribution is 5.21. The standard InChI is InChI=1S/C16H25FN2O2/c1-2-18-7-9-19(10-8-18)11-12-20-13-14-21-16-5-3-15(17)4-6-16/h3-6H,2,7-14H2,1H3. The molecule has 0 spiro atoms. The Hall–Kier alpha value is -1.17. The highest BCUT2D eigenvalue weighted by Gasteiger charge is 2.14. The van der Waals surface area contributed by atoms with Gasteiger partial charge in [0.1, 0.15) is 18.2 Å². The number of benzene rings is 1. The topological polar surface area (TPSA) is 24.9 Å². The largest absolute Gasteiger partial charge is 0.491 e. The highest BCUT2D eigenvalue weighted by atomic mass is 19.1.